The standard InChI is InChI=1S/C23H30N4O4/c1-15-5-3-4-12-23(15)21(30)27(22(31)25-23)14-19(28)26(18-10-11-18)13-16-6-8-17(9-7-16)20(29)24-2/h6-9,15,18H,3-5,10-14H2,1-2H3,(H,24,29)(H,25,31)/t15-,23-/m1/s1. The van der Waals surface area contributed by atoms with Crippen LogP contribution in [0.25, 0.3) is 0 Å². The number of benzene rings is 1. The van der Waals surface area contributed by atoms with Gasteiger partial charge in [0.25, 0.3) is 11.8 Å². The molecule has 0 unspecified atom stereocenters. The summed E-state index contributed by atoms with van der Waals surface area (Å²) < 4.78 is 0. The normalized spacial score (nSPS) is 25.5. The molecular weight excluding hydrogens is 396 g/mol. The van der Waals surface area contributed by atoms with Crippen LogP contribution >= 0.6 is 0 Å². The number of hydrogen-bond acceptors (Lipinski definition) is 4. The largest absolute Gasteiger partial charge is 0.355 e. The molecule has 3 fully saturated rings. The Morgan fingerprint density at radius 3 is 2.48 bits per heavy atom. The highest BCUT2D eigenvalue weighted by Gasteiger charge is 2.55. The van der Waals surface area contributed by atoms with Crippen molar-refractivity contribution in [3.05, 3.63) is 35.4 Å². The van der Waals surface area contributed by atoms with Crippen molar-refractivity contribution in [1.29, 1.82) is 0 Å². The van der Waals surface area contributed by atoms with Gasteiger partial charge in [0, 0.05) is 25.2 Å². The lowest BCUT2D eigenvalue weighted by Crippen LogP contribution is -2.54. The lowest BCUT2D eigenvalue weighted by molar-refractivity contribution is -0.141. The molecule has 1 spiro atoms. The number of carbonyl (C=O) groups is 4. The second-order valence-corrected chi connectivity index (χ2v) is 8.97. The maximum atomic E-state index is 13.2. The van der Waals surface area contributed by atoms with Crippen molar-refractivity contribution in [3.8, 4) is 0 Å². The molecule has 4 rings (SSSR count). The van der Waals surface area contributed by atoms with E-state index in [1.54, 1.807) is 24.1 Å². The van der Waals surface area contributed by atoms with E-state index in [4.69, 9.17) is 0 Å². The molecule has 0 radical (unpaired) electrons. The summed E-state index contributed by atoms with van der Waals surface area (Å²) in [5, 5.41) is 5.49. The summed E-state index contributed by atoms with van der Waals surface area (Å²) in [6, 6.07) is 6.80. The van der Waals surface area contributed by atoms with Gasteiger partial charge in [-0.25, -0.2) is 4.79 Å². The maximum Gasteiger partial charge on any atom is 0.325 e. The van der Waals surface area contributed by atoms with Gasteiger partial charge < -0.3 is 15.5 Å². The highest BCUT2D eigenvalue weighted by molar-refractivity contribution is 6.09. The van der Waals surface area contributed by atoms with Crippen LogP contribution in [0.2, 0.25) is 0 Å². The van der Waals surface area contributed by atoms with Crippen molar-refractivity contribution in [3.63, 3.8) is 0 Å². The number of amides is 5. The Kier molecular flexibility index (Phi) is 5.73. The van der Waals surface area contributed by atoms with Gasteiger partial charge in [-0.3, -0.25) is 19.3 Å². The highest BCUT2D eigenvalue weighted by Crippen LogP contribution is 2.38. The molecule has 3 aliphatic rings. The van der Waals surface area contributed by atoms with Gasteiger partial charge in [-0.15, -0.1) is 0 Å². The van der Waals surface area contributed by atoms with Crippen molar-refractivity contribution in [1.82, 2.24) is 20.4 Å². The molecule has 0 bridgehead atoms. The van der Waals surface area contributed by atoms with Crippen LogP contribution in [-0.4, -0.2) is 58.7 Å². The smallest absolute Gasteiger partial charge is 0.325 e. The van der Waals surface area contributed by atoms with E-state index in [9.17, 15) is 19.2 Å². The summed E-state index contributed by atoms with van der Waals surface area (Å²) in [7, 11) is 1.58. The summed E-state index contributed by atoms with van der Waals surface area (Å²) >= 11 is 0. The molecule has 8 nitrogen and oxygen atoms in total. The molecule has 166 valence electrons. The third-order valence-corrected chi connectivity index (χ3v) is 6.90. The van der Waals surface area contributed by atoms with Crippen LogP contribution in [0, 0.1) is 5.92 Å². The van der Waals surface area contributed by atoms with Gasteiger partial charge in [-0.1, -0.05) is 31.9 Å². The molecule has 0 aromatic heterocycles. The molecule has 8 heteroatoms. The topological polar surface area (TPSA) is 98.8 Å². The van der Waals surface area contributed by atoms with Gasteiger partial charge >= 0.3 is 6.03 Å². The quantitative estimate of drug-likeness (QED) is 0.680. The molecule has 1 aromatic carbocycles. The molecular formula is C23H30N4O4. The van der Waals surface area contributed by atoms with Crippen LogP contribution < -0.4 is 10.6 Å². The molecule has 31 heavy (non-hydrogen) atoms. The first-order valence-electron chi connectivity index (χ1n) is 11.1. The lowest BCUT2D eigenvalue weighted by atomic mass is 9.73. The molecule has 1 aromatic rings. The Balaban J connectivity index is 1.45. The minimum absolute atomic E-state index is 0.0659. The third-order valence-electron chi connectivity index (χ3n) is 6.90. The molecule has 2 saturated carbocycles. The van der Waals surface area contributed by atoms with E-state index in [0.717, 1.165) is 42.6 Å². The van der Waals surface area contributed by atoms with Crippen molar-refractivity contribution in [2.45, 2.75) is 63.6 Å². The number of nitrogens with one attached hydrogen (secondary N) is 2. The Hall–Kier alpha value is -2.90. The van der Waals surface area contributed by atoms with Crippen molar-refractivity contribution in [2.24, 2.45) is 5.92 Å². The highest BCUT2D eigenvalue weighted by atomic mass is 16.2. The fourth-order valence-corrected chi connectivity index (χ4v) is 4.77. The number of rotatable bonds is 6. The predicted molar refractivity (Wildman–Crippen MR) is 114 cm³/mol. The van der Waals surface area contributed by atoms with Gasteiger partial charge in [0.15, 0.2) is 0 Å². The number of urea groups is 1. The Morgan fingerprint density at radius 1 is 1.16 bits per heavy atom. The first-order valence-corrected chi connectivity index (χ1v) is 11.1. The minimum atomic E-state index is -0.851. The van der Waals surface area contributed by atoms with Gasteiger partial charge in [0.05, 0.1) is 0 Å². The van der Waals surface area contributed by atoms with E-state index in [0.29, 0.717) is 18.5 Å². The van der Waals surface area contributed by atoms with E-state index < -0.39 is 11.6 Å². The number of nitrogens with zero attached hydrogens (tertiary/aromatic N) is 2. The first-order chi connectivity index (χ1) is 14.9. The lowest BCUT2D eigenvalue weighted by Gasteiger charge is -2.36. The summed E-state index contributed by atoms with van der Waals surface area (Å²) in [5.74, 6) is -0.576. The van der Waals surface area contributed by atoms with E-state index in [1.807, 2.05) is 19.1 Å². The van der Waals surface area contributed by atoms with Crippen LogP contribution in [0.4, 0.5) is 4.79 Å². The average molecular weight is 427 g/mol. The van der Waals surface area contributed by atoms with E-state index in [-0.39, 0.29) is 36.2 Å². The summed E-state index contributed by atoms with van der Waals surface area (Å²) in [6.07, 6.45) is 5.32. The molecule has 1 aliphatic heterocycles. The first kappa shape index (κ1) is 21.3. The maximum absolute atomic E-state index is 13.2. The number of carbonyl (C=O) groups excluding carboxylic acids is 4. The zero-order valence-electron chi connectivity index (χ0n) is 18.1. The monoisotopic (exact) mass is 426 g/mol. The summed E-state index contributed by atoms with van der Waals surface area (Å²) in [6.45, 7) is 2.16. The molecule has 2 aliphatic carbocycles. The van der Waals surface area contributed by atoms with E-state index in [1.165, 1.54) is 0 Å². The molecule has 2 N–H and O–H groups in total. The summed E-state index contributed by atoms with van der Waals surface area (Å²) in [5.41, 5.74) is 0.611. The van der Waals surface area contributed by atoms with Gasteiger partial charge in [-0.05, 0) is 49.3 Å². The van der Waals surface area contributed by atoms with Crippen LogP contribution in [0.3, 0.4) is 0 Å². The van der Waals surface area contributed by atoms with Gasteiger partial charge in [0.2, 0.25) is 5.91 Å². The molecule has 2 atom stereocenters. The Bertz CT molecular complexity index is 895. The van der Waals surface area contributed by atoms with E-state index >= 15 is 0 Å². The third kappa shape index (κ3) is 4.03. The van der Waals surface area contributed by atoms with Crippen LogP contribution in [0.5, 0.6) is 0 Å². The number of hydrogen-bond donors (Lipinski definition) is 2. The van der Waals surface area contributed by atoms with E-state index in [2.05, 4.69) is 10.6 Å². The zero-order valence-corrected chi connectivity index (χ0v) is 18.1. The summed E-state index contributed by atoms with van der Waals surface area (Å²) in [4.78, 5) is 53.5. The Morgan fingerprint density at radius 2 is 1.87 bits per heavy atom. The predicted octanol–water partition coefficient (Wildman–Crippen LogP) is 2.04. The average Bonchev–Trinajstić information content (AvgIpc) is 3.58. The fourth-order valence-electron chi connectivity index (χ4n) is 4.77. The van der Waals surface area contributed by atoms with Crippen molar-refractivity contribution < 1.29 is 19.2 Å². The SMILES string of the molecule is CNC(=O)c1ccc(CN(C(=O)CN2C(=O)N[C@@]3(CCCC[C@H]3C)C2=O)C2CC2)cc1. The fraction of sp³-hybridized carbons (Fsp3) is 0.565. The van der Waals surface area contributed by atoms with Crippen molar-refractivity contribution in [2.75, 3.05) is 13.6 Å². The van der Waals surface area contributed by atoms with Crippen LogP contribution in [0.15, 0.2) is 24.3 Å². The molecule has 5 amide bonds. The second-order valence-electron chi connectivity index (χ2n) is 8.97. The van der Waals surface area contributed by atoms with Gasteiger partial charge in [-0.2, -0.15) is 0 Å². The minimum Gasteiger partial charge on any atom is -0.355 e. The van der Waals surface area contributed by atoms with Crippen LogP contribution in [-0.2, 0) is 16.1 Å². The van der Waals surface area contributed by atoms with Crippen molar-refractivity contribution >= 4 is 23.8 Å². The number of imide groups is 1. The van der Waals surface area contributed by atoms with Gasteiger partial charge in [0.1, 0.15) is 12.1 Å². The second kappa shape index (κ2) is 8.32. The molecule has 1 heterocycles. The van der Waals surface area contributed by atoms with Crippen LogP contribution in [0.1, 0.15) is 61.4 Å². The Labute approximate surface area is 182 Å². The molecule has 1 saturated heterocycles. The zero-order chi connectivity index (χ0) is 22.2.